The summed E-state index contributed by atoms with van der Waals surface area (Å²) >= 11 is 0. The zero-order valence-electron chi connectivity index (χ0n) is 10.0. The van der Waals surface area contributed by atoms with Gasteiger partial charge in [0.2, 0.25) is 10.0 Å². The fourth-order valence-electron chi connectivity index (χ4n) is 2.50. The van der Waals surface area contributed by atoms with Crippen molar-refractivity contribution >= 4 is 10.0 Å². The van der Waals surface area contributed by atoms with Gasteiger partial charge in [-0.25, -0.2) is 13.6 Å². The van der Waals surface area contributed by atoms with E-state index in [1.165, 1.54) is 6.07 Å². The van der Waals surface area contributed by atoms with Gasteiger partial charge < -0.3 is 5.11 Å². The highest BCUT2D eigenvalue weighted by molar-refractivity contribution is 7.89. The molecule has 2 rings (SSSR count). The van der Waals surface area contributed by atoms with Gasteiger partial charge in [0.1, 0.15) is 5.75 Å². The molecule has 3 N–H and O–H groups in total. The Morgan fingerprint density at radius 1 is 1.29 bits per heavy atom. The van der Waals surface area contributed by atoms with Gasteiger partial charge in [-0.3, -0.25) is 0 Å². The standard InChI is InChI=1S/C12H17NO3S/c1-7-10(14)6-11(17(13,15)16)8(2)12(7)9-4-3-5-9/h6,9,14H,3-5H2,1-2H3,(H2,13,15,16). The number of hydrogen-bond acceptors (Lipinski definition) is 3. The molecule has 0 saturated heterocycles. The van der Waals surface area contributed by atoms with Crippen molar-refractivity contribution in [2.45, 2.75) is 43.9 Å². The summed E-state index contributed by atoms with van der Waals surface area (Å²) in [5, 5.41) is 15.0. The van der Waals surface area contributed by atoms with Gasteiger partial charge in [-0.05, 0) is 49.3 Å². The molecule has 0 unspecified atom stereocenters. The second-order valence-electron chi connectivity index (χ2n) is 4.73. The number of hydrogen-bond donors (Lipinski definition) is 2. The fourth-order valence-corrected chi connectivity index (χ4v) is 3.31. The predicted molar refractivity (Wildman–Crippen MR) is 65.5 cm³/mol. The molecular weight excluding hydrogens is 238 g/mol. The second-order valence-corrected chi connectivity index (χ2v) is 6.26. The minimum Gasteiger partial charge on any atom is -0.508 e. The Morgan fingerprint density at radius 3 is 2.29 bits per heavy atom. The predicted octanol–water partition coefficient (Wildman–Crippen LogP) is 1.92. The molecule has 0 aliphatic heterocycles. The van der Waals surface area contributed by atoms with Crippen molar-refractivity contribution in [3.63, 3.8) is 0 Å². The van der Waals surface area contributed by atoms with E-state index in [1.54, 1.807) is 6.92 Å². The quantitative estimate of drug-likeness (QED) is 0.847. The summed E-state index contributed by atoms with van der Waals surface area (Å²) in [5.74, 6) is 0.379. The lowest BCUT2D eigenvalue weighted by molar-refractivity contribution is 0.409. The first-order valence-corrected chi connectivity index (χ1v) is 7.23. The molecular formula is C12H17NO3S. The Balaban J connectivity index is 2.69. The van der Waals surface area contributed by atoms with Gasteiger partial charge in [0, 0.05) is 6.07 Å². The Labute approximate surface area is 102 Å². The van der Waals surface area contributed by atoms with Crippen LogP contribution in [0.4, 0.5) is 0 Å². The third kappa shape index (κ3) is 2.05. The maximum Gasteiger partial charge on any atom is 0.238 e. The molecule has 1 aromatic carbocycles. The Morgan fingerprint density at radius 2 is 1.88 bits per heavy atom. The lowest BCUT2D eigenvalue weighted by Crippen LogP contribution is -2.18. The number of phenolic OH excluding ortho intramolecular Hbond substituents is 1. The topological polar surface area (TPSA) is 80.4 Å². The summed E-state index contributed by atoms with van der Waals surface area (Å²) in [5.41, 5.74) is 2.42. The Bertz CT molecular complexity index is 560. The van der Waals surface area contributed by atoms with E-state index < -0.39 is 10.0 Å². The van der Waals surface area contributed by atoms with Crippen LogP contribution in [0.15, 0.2) is 11.0 Å². The average Bonchev–Trinajstić information content (AvgIpc) is 2.13. The summed E-state index contributed by atoms with van der Waals surface area (Å²) in [6.07, 6.45) is 3.26. The van der Waals surface area contributed by atoms with Crippen LogP contribution in [0.25, 0.3) is 0 Å². The van der Waals surface area contributed by atoms with Crippen LogP contribution in [0, 0.1) is 13.8 Å². The van der Waals surface area contributed by atoms with Crippen molar-refractivity contribution < 1.29 is 13.5 Å². The van der Waals surface area contributed by atoms with E-state index >= 15 is 0 Å². The third-order valence-corrected chi connectivity index (χ3v) is 4.69. The van der Waals surface area contributed by atoms with Crippen LogP contribution in [0.2, 0.25) is 0 Å². The molecule has 0 bridgehead atoms. The van der Waals surface area contributed by atoms with Gasteiger partial charge in [0.25, 0.3) is 0 Å². The molecule has 1 aliphatic rings. The molecule has 0 aromatic heterocycles. The first-order chi connectivity index (χ1) is 7.82. The summed E-state index contributed by atoms with van der Waals surface area (Å²) in [4.78, 5) is 0.0440. The lowest BCUT2D eigenvalue weighted by atomic mass is 9.76. The lowest BCUT2D eigenvalue weighted by Gasteiger charge is -2.30. The number of primary sulfonamides is 1. The molecule has 1 fully saturated rings. The molecule has 0 atom stereocenters. The fraction of sp³-hybridized carbons (Fsp3) is 0.500. The van der Waals surface area contributed by atoms with E-state index in [-0.39, 0.29) is 10.6 Å². The molecule has 5 heteroatoms. The van der Waals surface area contributed by atoms with E-state index in [0.717, 1.165) is 30.4 Å². The van der Waals surface area contributed by atoms with E-state index in [4.69, 9.17) is 5.14 Å². The summed E-state index contributed by atoms with van der Waals surface area (Å²) in [6, 6.07) is 1.25. The van der Waals surface area contributed by atoms with Crippen LogP contribution in [0.5, 0.6) is 5.75 Å². The van der Waals surface area contributed by atoms with Crippen LogP contribution < -0.4 is 5.14 Å². The molecule has 94 valence electrons. The number of sulfonamides is 1. The molecule has 0 amide bonds. The summed E-state index contributed by atoms with van der Waals surface area (Å²) in [7, 11) is -3.77. The summed E-state index contributed by atoms with van der Waals surface area (Å²) < 4.78 is 22.9. The molecule has 0 heterocycles. The monoisotopic (exact) mass is 255 g/mol. The number of benzene rings is 1. The van der Waals surface area contributed by atoms with Crippen molar-refractivity contribution in [1.82, 2.24) is 0 Å². The largest absolute Gasteiger partial charge is 0.508 e. The van der Waals surface area contributed by atoms with Crippen molar-refractivity contribution in [1.29, 1.82) is 0 Å². The molecule has 0 radical (unpaired) electrons. The highest BCUT2D eigenvalue weighted by Crippen LogP contribution is 2.43. The van der Waals surface area contributed by atoms with E-state index in [2.05, 4.69) is 0 Å². The molecule has 1 aromatic rings. The Hall–Kier alpha value is -1.07. The van der Waals surface area contributed by atoms with E-state index in [0.29, 0.717) is 11.5 Å². The minimum atomic E-state index is -3.77. The molecule has 1 saturated carbocycles. The highest BCUT2D eigenvalue weighted by atomic mass is 32.2. The number of nitrogens with two attached hydrogens (primary N) is 1. The third-order valence-electron chi connectivity index (χ3n) is 3.65. The molecule has 4 nitrogen and oxygen atoms in total. The van der Waals surface area contributed by atoms with Crippen molar-refractivity contribution in [2.24, 2.45) is 5.14 Å². The average molecular weight is 255 g/mol. The summed E-state index contributed by atoms with van der Waals surface area (Å²) in [6.45, 7) is 3.59. The normalized spacial score (nSPS) is 16.9. The van der Waals surface area contributed by atoms with Gasteiger partial charge in [-0.1, -0.05) is 6.42 Å². The van der Waals surface area contributed by atoms with Crippen molar-refractivity contribution in [2.75, 3.05) is 0 Å². The number of rotatable bonds is 2. The first kappa shape index (κ1) is 12.4. The van der Waals surface area contributed by atoms with Crippen molar-refractivity contribution in [3.8, 4) is 5.75 Å². The van der Waals surface area contributed by atoms with Crippen molar-refractivity contribution in [3.05, 3.63) is 22.8 Å². The Kier molecular flexibility index (Phi) is 2.91. The van der Waals surface area contributed by atoms with E-state index in [1.807, 2.05) is 6.92 Å². The van der Waals surface area contributed by atoms with Crippen LogP contribution in [0.3, 0.4) is 0 Å². The zero-order valence-corrected chi connectivity index (χ0v) is 10.8. The number of aromatic hydroxyl groups is 1. The first-order valence-electron chi connectivity index (χ1n) is 5.68. The SMILES string of the molecule is Cc1c(O)cc(S(N)(=O)=O)c(C)c1C1CCC1. The van der Waals surface area contributed by atoms with Crippen LogP contribution in [0.1, 0.15) is 41.9 Å². The minimum absolute atomic E-state index is 0.0153. The van der Waals surface area contributed by atoms with Gasteiger partial charge in [-0.15, -0.1) is 0 Å². The zero-order chi connectivity index (χ0) is 12.8. The maximum absolute atomic E-state index is 11.5. The maximum atomic E-state index is 11.5. The molecule has 0 spiro atoms. The van der Waals surface area contributed by atoms with Crippen LogP contribution in [-0.4, -0.2) is 13.5 Å². The van der Waals surface area contributed by atoms with Gasteiger partial charge in [0.05, 0.1) is 4.90 Å². The molecule has 1 aliphatic carbocycles. The second kappa shape index (κ2) is 3.99. The van der Waals surface area contributed by atoms with Gasteiger partial charge in [-0.2, -0.15) is 0 Å². The van der Waals surface area contributed by atoms with Crippen LogP contribution in [-0.2, 0) is 10.0 Å². The van der Waals surface area contributed by atoms with Gasteiger partial charge >= 0.3 is 0 Å². The van der Waals surface area contributed by atoms with Crippen LogP contribution >= 0.6 is 0 Å². The highest BCUT2D eigenvalue weighted by Gasteiger charge is 2.27. The van der Waals surface area contributed by atoms with Gasteiger partial charge in [0.15, 0.2) is 0 Å². The smallest absolute Gasteiger partial charge is 0.238 e. The van der Waals surface area contributed by atoms with E-state index in [9.17, 15) is 13.5 Å². The molecule has 17 heavy (non-hydrogen) atoms. The number of phenols is 1.